The van der Waals surface area contributed by atoms with Crippen molar-refractivity contribution in [2.24, 2.45) is 0 Å². The van der Waals surface area contributed by atoms with Crippen molar-refractivity contribution in [3.63, 3.8) is 0 Å². The molecule has 0 heterocycles. The summed E-state index contributed by atoms with van der Waals surface area (Å²) in [6, 6.07) is 0. The van der Waals surface area contributed by atoms with Gasteiger partial charge in [0, 0.05) is 0 Å². The summed E-state index contributed by atoms with van der Waals surface area (Å²) in [4.78, 5) is 33.2. The second-order valence-corrected chi connectivity index (χ2v) is 7.57. The largest absolute Gasteiger partial charge is 0.394 e. The molecule has 0 fully saturated rings. The number of aliphatic hydroxyl groups is 1. The quantitative estimate of drug-likeness (QED) is 0.432. The van der Waals surface area contributed by atoms with Crippen LogP contribution in [-0.2, 0) is 9.13 Å². The van der Waals surface area contributed by atoms with Crippen LogP contribution >= 0.6 is 15.2 Å². The third-order valence-electron chi connectivity index (χ3n) is 2.27. The Kier molecular flexibility index (Phi) is 5.15. The van der Waals surface area contributed by atoms with Crippen LogP contribution in [0.4, 0.5) is 0 Å². The van der Waals surface area contributed by atoms with Crippen molar-refractivity contribution in [1.29, 1.82) is 0 Å². The van der Waals surface area contributed by atoms with Crippen LogP contribution in [0.3, 0.4) is 0 Å². The van der Waals surface area contributed by atoms with Crippen molar-refractivity contribution in [3.8, 4) is 0 Å². The first-order valence-corrected chi connectivity index (χ1v) is 7.57. The summed E-state index contributed by atoms with van der Waals surface area (Å²) in [5.74, 6) is 0. The van der Waals surface area contributed by atoms with E-state index in [1.54, 1.807) is 6.92 Å². The monoisotopic (exact) mass is 262 g/mol. The SMILES string of the molecule is CCCCC(CO)(P(=O)(O)O)P(=O)(O)O. The van der Waals surface area contributed by atoms with Crippen molar-refractivity contribution in [2.45, 2.75) is 31.1 Å². The lowest BCUT2D eigenvalue weighted by Crippen LogP contribution is -2.33. The van der Waals surface area contributed by atoms with Gasteiger partial charge in [-0.05, 0) is 6.42 Å². The molecule has 0 amide bonds. The molecule has 0 atom stereocenters. The van der Waals surface area contributed by atoms with Crippen molar-refractivity contribution < 1.29 is 33.8 Å². The van der Waals surface area contributed by atoms with E-state index in [4.69, 9.17) is 24.7 Å². The van der Waals surface area contributed by atoms with E-state index in [0.717, 1.165) is 0 Å². The van der Waals surface area contributed by atoms with Gasteiger partial charge in [-0.1, -0.05) is 19.8 Å². The molecule has 7 nitrogen and oxygen atoms in total. The van der Waals surface area contributed by atoms with Gasteiger partial charge < -0.3 is 24.7 Å². The summed E-state index contributed by atoms with van der Waals surface area (Å²) in [5.41, 5.74) is 0. The molecular weight excluding hydrogens is 246 g/mol. The van der Waals surface area contributed by atoms with E-state index >= 15 is 0 Å². The minimum absolute atomic E-state index is 0.219. The number of aliphatic hydroxyl groups excluding tert-OH is 1. The number of unbranched alkanes of at least 4 members (excludes halogenated alkanes) is 1. The Morgan fingerprint density at radius 3 is 1.67 bits per heavy atom. The van der Waals surface area contributed by atoms with Gasteiger partial charge in [0.2, 0.25) is 0 Å². The molecule has 0 spiro atoms. The highest BCUT2D eigenvalue weighted by molar-refractivity contribution is 7.72. The summed E-state index contributed by atoms with van der Waals surface area (Å²) >= 11 is 0. The Labute approximate surface area is 87.5 Å². The summed E-state index contributed by atoms with van der Waals surface area (Å²) < 4.78 is 22.2. The maximum Gasteiger partial charge on any atom is 0.346 e. The maximum absolute atomic E-state index is 11.1. The second-order valence-electron chi connectivity index (χ2n) is 3.33. The molecule has 0 aliphatic rings. The highest BCUT2D eigenvalue weighted by atomic mass is 31.2. The molecular formula is C6H16O7P2. The zero-order valence-electron chi connectivity index (χ0n) is 8.28. The molecule has 0 saturated heterocycles. The zero-order valence-corrected chi connectivity index (χ0v) is 10.1. The van der Waals surface area contributed by atoms with Gasteiger partial charge in [0.15, 0.2) is 4.90 Å². The van der Waals surface area contributed by atoms with Crippen LogP contribution in [0.25, 0.3) is 0 Å². The van der Waals surface area contributed by atoms with Gasteiger partial charge in [-0.25, -0.2) is 0 Å². The fraction of sp³-hybridized carbons (Fsp3) is 1.00. The average molecular weight is 262 g/mol. The lowest BCUT2D eigenvalue weighted by atomic mass is 10.2. The van der Waals surface area contributed by atoms with Gasteiger partial charge in [0.05, 0.1) is 6.61 Å². The minimum Gasteiger partial charge on any atom is -0.394 e. The number of rotatable bonds is 6. The van der Waals surface area contributed by atoms with E-state index in [1.165, 1.54) is 0 Å². The normalized spacial score (nSPS) is 14.3. The second kappa shape index (κ2) is 5.06. The highest BCUT2D eigenvalue weighted by Crippen LogP contribution is 2.70. The lowest BCUT2D eigenvalue weighted by Gasteiger charge is -2.32. The van der Waals surface area contributed by atoms with Gasteiger partial charge >= 0.3 is 15.2 Å². The third kappa shape index (κ3) is 3.11. The standard InChI is InChI=1S/C6H16O7P2/c1-2-3-4-6(5-7,14(8,9)10)15(11,12)13/h7H,2-5H2,1H3,(H2,8,9,10)(H2,11,12,13). The average Bonchev–Trinajstić information content (AvgIpc) is 2.01. The smallest absolute Gasteiger partial charge is 0.346 e. The molecule has 0 unspecified atom stereocenters. The van der Waals surface area contributed by atoms with Crippen LogP contribution in [0.15, 0.2) is 0 Å². The first kappa shape index (κ1) is 15.3. The minimum atomic E-state index is -5.07. The van der Waals surface area contributed by atoms with Gasteiger partial charge in [-0.15, -0.1) is 0 Å². The van der Waals surface area contributed by atoms with E-state index in [-0.39, 0.29) is 6.42 Å². The van der Waals surface area contributed by atoms with Crippen LogP contribution in [0.2, 0.25) is 0 Å². The van der Waals surface area contributed by atoms with Crippen LogP contribution in [-0.4, -0.2) is 36.2 Å². The predicted molar refractivity (Wildman–Crippen MR) is 53.4 cm³/mol. The Bertz CT molecular complexity index is 268. The van der Waals surface area contributed by atoms with Crippen LogP contribution in [0.1, 0.15) is 26.2 Å². The molecule has 0 radical (unpaired) electrons. The van der Waals surface area contributed by atoms with E-state index < -0.39 is 33.1 Å². The summed E-state index contributed by atoms with van der Waals surface area (Å²) in [6.07, 6.45) is 0.326. The molecule has 0 aliphatic heterocycles. The molecule has 0 aromatic heterocycles. The van der Waals surface area contributed by atoms with Crippen molar-refractivity contribution in [3.05, 3.63) is 0 Å². The van der Waals surface area contributed by atoms with E-state index in [2.05, 4.69) is 0 Å². The van der Waals surface area contributed by atoms with Gasteiger partial charge in [0.25, 0.3) is 0 Å². The summed E-state index contributed by atoms with van der Waals surface area (Å²) in [7, 11) is -10.1. The van der Waals surface area contributed by atoms with Crippen LogP contribution < -0.4 is 0 Å². The van der Waals surface area contributed by atoms with Crippen molar-refractivity contribution in [1.82, 2.24) is 0 Å². The Hall–Kier alpha value is 0.260. The zero-order chi connectivity index (χ0) is 12.3. The molecule has 0 aliphatic carbocycles. The fourth-order valence-corrected chi connectivity index (χ4v) is 3.81. The molecule has 15 heavy (non-hydrogen) atoms. The molecule has 5 N–H and O–H groups in total. The van der Waals surface area contributed by atoms with E-state index in [0.29, 0.717) is 6.42 Å². The number of hydrogen-bond donors (Lipinski definition) is 5. The van der Waals surface area contributed by atoms with Crippen molar-refractivity contribution >= 4 is 15.2 Å². The van der Waals surface area contributed by atoms with Gasteiger partial charge in [0.1, 0.15) is 0 Å². The molecule has 0 bridgehead atoms. The first-order valence-electron chi connectivity index (χ1n) is 4.34. The molecule has 92 valence electrons. The third-order valence-corrected chi connectivity index (χ3v) is 6.73. The van der Waals surface area contributed by atoms with Gasteiger partial charge in [-0.3, -0.25) is 9.13 Å². The molecule has 9 heteroatoms. The van der Waals surface area contributed by atoms with Crippen molar-refractivity contribution in [2.75, 3.05) is 6.61 Å². The summed E-state index contributed by atoms with van der Waals surface area (Å²) in [6.45, 7) is 0.475. The van der Waals surface area contributed by atoms with E-state index in [1.807, 2.05) is 0 Å². The Morgan fingerprint density at radius 1 is 1.07 bits per heavy atom. The van der Waals surface area contributed by atoms with E-state index in [9.17, 15) is 9.13 Å². The fourth-order valence-electron chi connectivity index (χ4n) is 1.18. The maximum atomic E-state index is 11.1. The molecule has 0 saturated carbocycles. The highest BCUT2D eigenvalue weighted by Gasteiger charge is 2.59. The van der Waals surface area contributed by atoms with Gasteiger partial charge in [-0.2, -0.15) is 0 Å². The predicted octanol–water partition coefficient (Wildman–Crippen LogP) is 0.221. The first-order chi connectivity index (χ1) is 6.62. The molecule has 0 aromatic carbocycles. The Balaban J connectivity index is 5.33. The van der Waals surface area contributed by atoms with Crippen LogP contribution in [0.5, 0.6) is 0 Å². The molecule has 0 aromatic rings. The Morgan fingerprint density at radius 2 is 1.47 bits per heavy atom. The number of hydrogen-bond acceptors (Lipinski definition) is 3. The molecule has 0 rings (SSSR count). The van der Waals surface area contributed by atoms with Crippen LogP contribution in [0, 0.1) is 0 Å². The topological polar surface area (TPSA) is 135 Å². The summed E-state index contributed by atoms with van der Waals surface area (Å²) in [5, 5.41) is 8.89. The lowest BCUT2D eigenvalue weighted by molar-refractivity contribution is 0.214.